The molecule has 0 aliphatic carbocycles. The third kappa shape index (κ3) is 4.89. The molecule has 0 saturated heterocycles. The van der Waals surface area contributed by atoms with Crippen LogP contribution in [0.4, 0.5) is 4.39 Å². The minimum absolute atomic E-state index is 0.124. The molecule has 4 nitrogen and oxygen atoms in total. The Bertz CT molecular complexity index is 679. The lowest BCUT2D eigenvalue weighted by atomic mass is 10.2. The molecule has 0 unspecified atom stereocenters. The lowest BCUT2D eigenvalue weighted by Crippen LogP contribution is -2.25. The van der Waals surface area contributed by atoms with Crippen molar-refractivity contribution in [2.45, 2.75) is 5.75 Å². The number of nitrogens with one attached hydrogen (secondary N) is 1. The summed E-state index contributed by atoms with van der Waals surface area (Å²) >= 11 is 1.53. The van der Waals surface area contributed by atoms with E-state index in [0.717, 1.165) is 0 Å². The van der Waals surface area contributed by atoms with Crippen molar-refractivity contribution in [3.63, 3.8) is 0 Å². The van der Waals surface area contributed by atoms with Gasteiger partial charge in [-0.15, -0.1) is 0 Å². The number of carbonyl (C=O) groups is 1. The molecule has 0 atom stereocenters. The minimum Gasteiger partial charge on any atom is -0.507 e. The van der Waals surface area contributed by atoms with E-state index in [-0.39, 0.29) is 23.0 Å². The van der Waals surface area contributed by atoms with Crippen molar-refractivity contribution in [2.24, 2.45) is 0 Å². The molecular weight excluding hydrogens is 317 g/mol. The lowest BCUT2D eigenvalue weighted by Gasteiger charge is -2.08. The molecule has 6 heteroatoms. The van der Waals surface area contributed by atoms with E-state index in [2.05, 4.69) is 5.32 Å². The van der Waals surface area contributed by atoms with E-state index in [1.165, 1.54) is 37.1 Å². The average molecular weight is 335 g/mol. The Balaban J connectivity index is 1.76. The zero-order chi connectivity index (χ0) is 16.7. The SMILES string of the molecule is COc1ccc(C(=O)NCCSCc2ccccc2F)c(O)c1. The fourth-order valence-electron chi connectivity index (χ4n) is 1.96. The van der Waals surface area contributed by atoms with Crippen molar-refractivity contribution >= 4 is 17.7 Å². The minimum atomic E-state index is -0.350. The second-order valence-electron chi connectivity index (χ2n) is 4.78. The van der Waals surface area contributed by atoms with E-state index < -0.39 is 0 Å². The maximum Gasteiger partial charge on any atom is 0.255 e. The standard InChI is InChI=1S/C17H18FNO3S/c1-22-13-6-7-14(16(20)10-13)17(21)19-8-9-23-11-12-4-2-3-5-15(12)18/h2-7,10,20H,8-9,11H2,1H3,(H,19,21). The molecule has 2 aromatic rings. The fraction of sp³-hybridized carbons (Fsp3) is 0.235. The number of halogens is 1. The number of hydrogen-bond acceptors (Lipinski definition) is 4. The molecule has 0 spiro atoms. The van der Waals surface area contributed by atoms with E-state index >= 15 is 0 Å². The van der Waals surface area contributed by atoms with E-state index in [4.69, 9.17) is 4.74 Å². The van der Waals surface area contributed by atoms with Crippen LogP contribution in [-0.4, -0.2) is 30.4 Å². The monoisotopic (exact) mass is 335 g/mol. The summed E-state index contributed by atoms with van der Waals surface area (Å²) < 4.78 is 18.4. The maximum atomic E-state index is 13.4. The van der Waals surface area contributed by atoms with Crippen LogP contribution in [-0.2, 0) is 5.75 Å². The Morgan fingerprint density at radius 2 is 2.09 bits per heavy atom. The van der Waals surface area contributed by atoms with Gasteiger partial charge in [-0.2, -0.15) is 11.8 Å². The van der Waals surface area contributed by atoms with Gasteiger partial charge in [0.1, 0.15) is 17.3 Å². The summed E-state index contributed by atoms with van der Waals surface area (Å²) in [6.45, 7) is 0.434. The number of hydrogen-bond donors (Lipinski definition) is 2. The van der Waals surface area contributed by atoms with Crippen molar-refractivity contribution in [1.29, 1.82) is 0 Å². The molecule has 122 valence electrons. The molecule has 0 bridgehead atoms. The van der Waals surface area contributed by atoms with Crippen LogP contribution in [0.1, 0.15) is 15.9 Å². The van der Waals surface area contributed by atoms with Crippen molar-refractivity contribution in [1.82, 2.24) is 5.32 Å². The summed E-state index contributed by atoms with van der Waals surface area (Å²) in [5.41, 5.74) is 0.849. The van der Waals surface area contributed by atoms with Crippen molar-refractivity contribution in [2.75, 3.05) is 19.4 Å². The topological polar surface area (TPSA) is 58.6 Å². The third-order valence-electron chi connectivity index (χ3n) is 3.20. The highest BCUT2D eigenvalue weighted by atomic mass is 32.2. The Labute approximate surface area is 138 Å². The van der Waals surface area contributed by atoms with Gasteiger partial charge >= 0.3 is 0 Å². The van der Waals surface area contributed by atoms with Gasteiger partial charge in [-0.3, -0.25) is 4.79 Å². The summed E-state index contributed by atoms with van der Waals surface area (Å²) in [7, 11) is 1.49. The Morgan fingerprint density at radius 1 is 1.30 bits per heavy atom. The van der Waals surface area contributed by atoms with Crippen LogP contribution in [0.2, 0.25) is 0 Å². The molecule has 0 saturated carbocycles. The predicted molar refractivity (Wildman–Crippen MR) is 89.6 cm³/mol. The van der Waals surface area contributed by atoms with Gasteiger partial charge in [-0.25, -0.2) is 4.39 Å². The summed E-state index contributed by atoms with van der Waals surface area (Å²) in [5.74, 6) is 0.997. The van der Waals surface area contributed by atoms with E-state index in [1.807, 2.05) is 0 Å². The molecule has 23 heavy (non-hydrogen) atoms. The number of carbonyl (C=O) groups excluding carboxylic acids is 1. The summed E-state index contributed by atoms with van der Waals surface area (Å²) in [6.07, 6.45) is 0. The summed E-state index contributed by atoms with van der Waals surface area (Å²) in [5, 5.41) is 12.5. The number of methoxy groups -OCH3 is 1. The van der Waals surface area contributed by atoms with Gasteiger partial charge < -0.3 is 15.2 Å². The fourth-order valence-corrected chi connectivity index (χ4v) is 2.80. The smallest absolute Gasteiger partial charge is 0.255 e. The molecule has 1 amide bonds. The van der Waals surface area contributed by atoms with Crippen LogP contribution in [0.25, 0.3) is 0 Å². The van der Waals surface area contributed by atoms with Gasteiger partial charge in [0.25, 0.3) is 5.91 Å². The number of benzene rings is 2. The number of phenolic OH excluding ortho intramolecular Hbond substituents is 1. The molecule has 0 aliphatic rings. The second kappa shape index (κ2) is 8.43. The molecule has 0 radical (unpaired) electrons. The molecule has 0 fully saturated rings. The van der Waals surface area contributed by atoms with Gasteiger partial charge in [0, 0.05) is 24.1 Å². The van der Waals surface area contributed by atoms with Crippen LogP contribution in [0, 0.1) is 5.82 Å². The first kappa shape index (κ1) is 17.1. The first-order chi connectivity index (χ1) is 11.1. The quantitative estimate of drug-likeness (QED) is 0.763. The highest BCUT2D eigenvalue weighted by Gasteiger charge is 2.11. The van der Waals surface area contributed by atoms with Crippen molar-refractivity contribution < 1.29 is 19.0 Å². The van der Waals surface area contributed by atoms with E-state index in [0.29, 0.717) is 29.4 Å². The second-order valence-corrected chi connectivity index (χ2v) is 5.89. The Morgan fingerprint density at radius 3 is 2.78 bits per heavy atom. The molecule has 2 N–H and O–H groups in total. The third-order valence-corrected chi connectivity index (χ3v) is 4.20. The lowest BCUT2D eigenvalue weighted by molar-refractivity contribution is 0.0953. The zero-order valence-corrected chi connectivity index (χ0v) is 13.5. The maximum absolute atomic E-state index is 13.4. The highest BCUT2D eigenvalue weighted by Crippen LogP contribution is 2.23. The van der Waals surface area contributed by atoms with E-state index in [9.17, 15) is 14.3 Å². The average Bonchev–Trinajstić information content (AvgIpc) is 2.55. The molecule has 0 aromatic heterocycles. The number of ether oxygens (including phenoxy) is 1. The Hall–Kier alpha value is -2.21. The normalized spacial score (nSPS) is 10.3. The van der Waals surface area contributed by atoms with Gasteiger partial charge in [0.15, 0.2) is 0 Å². The van der Waals surface area contributed by atoms with Gasteiger partial charge in [-0.1, -0.05) is 18.2 Å². The highest BCUT2D eigenvalue weighted by molar-refractivity contribution is 7.98. The molecule has 2 rings (SSSR count). The number of aromatic hydroxyl groups is 1. The van der Waals surface area contributed by atoms with Crippen LogP contribution < -0.4 is 10.1 Å². The van der Waals surface area contributed by atoms with Crippen LogP contribution in [0.15, 0.2) is 42.5 Å². The van der Waals surface area contributed by atoms with Gasteiger partial charge in [-0.05, 0) is 23.8 Å². The first-order valence-corrected chi connectivity index (χ1v) is 8.23. The predicted octanol–water partition coefficient (Wildman–Crippen LogP) is 3.20. The summed E-state index contributed by atoms with van der Waals surface area (Å²) in [4.78, 5) is 12.0. The van der Waals surface area contributed by atoms with Crippen molar-refractivity contribution in [3.05, 3.63) is 59.4 Å². The zero-order valence-electron chi connectivity index (χ0n) is 12.7. The number of thioether (sulfide) groups is 1. The van der Waals surface area contributed by atoms with Crippen molar-refractivity contribution in [3.8, 4) is 11.5 Å². The van der Waals surface area contributed by atoms with Crippen LogP contribution >= 0.6 is 11.8 Å². The number of phenols is 1. The Kier molecular flexibility index (Phi) is 6.29. The largest absolute Gasteiger partial charge is 0.507 e. The molecule has 0 heterocycles. The molecule has 0 aliphatic heterocycles. The van der Waals surface area contributed by atoms with Gasteiger partial charge in [0.2, 0.25) is 0 Å². The molecule has 2 aromatic carbocycles. The van der Waals surface area contributed by atoms with Crippen LogP contribution in [0.5, 0.6) is 11.5 Å². The number of amides is 1. The van der Waals surface area contributed by atoms with Crippen LogP contribution in [0.3, 0.4) is 0 Å². The summed E-state index contributed by atoms with van der Waals surface area (Å²) in [6, 6.07) is 11.2. The number of rotatable bonds is 7. The van der Waals surface area contributed by atoms with E-state index in [1.54, 1.807) is 24.3 Å². The molecular formula is C17H18FNO3S. The van der Waals surface area contributed by atoms with Gasteiger partial charge in [0.05, 0.1) is 12.7 Å². The first-order valence-electron chi connectivity index (χ1n) is 7.08.